The number of carbonyl (C=O) groups is 1. The first kappa shape index (κ1) is 13.9. The van der Waals surface area contributed by atoms with Crippen molar-refractivity contribution in [3.63, 3.8) is 0 Å². The number of carboxylic acids is 1. The first-order chi connectivity index (χ1) is 9.13. The third-order valence-electron chi connectivity index (χ3n) is 3.30. The summed E-state index contributed by atoms with van der Waals surface area (Å²) in [6, 6.07) is 0. The number of rotatable bonds is 5. The van der Waals surface area contributed by atoms with Gasteiger partial charge in [0.2, 0.25) is 0 Å². The van der Waals surface area contributed by atoms with Gasteiger partial charge in [-0.25, -0.2) is 9.48 Å². The Morgan fingerprint density at radius 1 is 1.47 bits per heavy atom. The molecule has 106 valence electrons. The van der Waals surface area contributed by atoms with Crippen LogP contribution in [0.3, 0.4) is 0 Å². The molecule has 1 unspecified atom stereocenters. The second-order valence-corrected chi connectivity index (χ2v) is 4.67. The van der Waals surface area contributed by atoms with Crippen LogP contribution in [0.2, 0.25) is 0 Å². The highest BCUT2D eigenvalue weighted by molar-refractivity contribution is 5.86. The molecular weight excluding hydrogens is 252 g/mol. The number of aliphatic hydroxyl groups is 2. The van der Waals surface area contributed by atoms with Gasteiger partial charge in [0.25, 0.3) is 0 Å². The van der Waals surface area contributed by atoms with Crippen LogP contribution in [0.4, 0.5) is 0 Å². The van der Waals surface area contributed by atoms with Crippen LogP contribution < -0.4 is 5.32 Å². The van der Waals surface area contributed by atoms with Crippen molar-refractivity contribution in [1.29, 1.82) is 0 Å². The van der Waals surface area contributed by atoms with Crippen LogP contribution in [0.15, 0.2) is 0 Å². The summed E-state index contributed by atoms with van der Waals surface area (Å²) >= 11 is 0. The maximum atomic E-state index is 11.2. The van der Waals surface area contributed by atoms with Crippen LogP contribution >= 0.6 is 0 Å². The molecule has 0 bridgehead atoms. The smallest absolute Gasteiger partial charge is 0.358 e. The molecule has 4 N–H and O–H groups in total. The van der Waals surface area contributed by atoms with Crippen molar-refractivity contribution in [3.05, 3.63) is 11.4 Å². The van der Waals surface area contributed by atoms with E-state index < -0.39 is 18.7 Å². The zero-order chi connectivity index (χ0) is 13.8. The van der Waals surface area contributed by atoms with Gasteiger partial charge in [0, 0.05) is 5.92 Å². The van der Waals surface area contributed by atoms with Gasteiger partial charge in [0.15, 0.2) is 5.69 Å². The number of hydrogen-bond donors (Lipinski definition) is 4. The molecule has 2 rings (SSSR count). The lowest BCUT2D eigenvalue weighted by molar-refractivity contribution is 0.0685. The van der Waals surface area contributed by atoms with E-state index in [-0.39, 0.29) is 18.2 Å². The topological polar surface area (TPSA) is 120 Å². The quantitative estimate of drug-likeness (QED) is 0.530. The van der Waals surface area contributed by atoms with Crippen molar-refractivity contribution in [1.82, 2.24) is 20.3 Å². The molecule has 8 heteroatoms. The van der Waals surface area contributed by atoms with Gasteiger partial charge < -0.3 is 20.6 Å². The molecule has 19 heavy (non-hydrogen) atoms. The van der Waals surface area contributed by atoms with E-state index in [1.54, 1.807) is 0 Å². The molecule has 1 aromatic heterocycles. The molecular formula is C11H18N4O4. The van der Waals surface area contributed by atoms with E-state index in [4.69, 9.17) is 10.2 Å². The molecule has 1 aliphatic rings. The number of carboxylic acid groups (broad SMARTS) is 1. The molecule has 1 fully saturated rings. The monoisotopic (exact) mass is 270 g/mol. The number of piperidine rings is 1. The number of nitrogens with zero attached hydrogens (tertiary/aromatic N) is 3. The zero-order valence-corrected chi connectivity index (χ0v) is 10.5. The van der Waals surface area contributed by atoms with Crippen molar-refractivity contribution in [2.24, 2.45) is 0 Å². The largest absolute Gasteiger partial charge is 0.476 e. The lowest BCUT2D eigenvalue weighted by Crippen LogP contribution is -2.30. The summed E-state index contributed by atoms with van der Waals surface area (Å²) in [7, 11) is 0. The lowest BCUT2D eigenvalue weighted by atomic mass is 9.93. The Morgan fingerprint density at radius 2 is 2.16 bits per heavy atom. The Bertz CT molecular complexity index is 442. The van der Waals surface area contributed by atoms with Crippen LogP contribution in [-0.2, 0) is 6.54 Å². The Morgan fingerprint density at radius 3 is 2.74 bits per heavy atom. The highest BCUT2D eigenvalue weighted by Crippen LogP contribution is 2.27. The minimum Gasteiger partial charge on any atom is -0.476 e. The summed E-state index contributed by atoms with van der Waals surface area (Å²) in [5, 5.41) is 38.2. The highest BCUT2D eigenvalue weighted by Gasteiger charge is 2.28. The molecule has 0 aliphatic carbocycles. The summed E-state index contributed by atoms with van der Waals surface area (Å²) in [4.78, 5) is 11.2. The SMILES string of the molecule is O=C(O)c1nnn(CC(O)CO)c1C1CCNCC1. The lowest BCUT2D eigenvalue weighted by Gasteiger charge is -2.23. The summed E-state index contributed by atoms with van der Waals surface area (Å²) in [6.45, 7) is 1.29. The van der Waals surface area contributed by atoms with Crippen LogP contribution in [0.5, 0.6) is 0 Å². The van der Waals surface area contributed by atoms with Gasteiger partial charge in [0.1, 0.15) is 0 Å². The van der Waals surface area contributed by atoms with Crippen LogP contribution in [0.25, 0.3) is 0 Å². The van der Waals surface area contributed by atoms with Crippen LogP contribution in [-0.4, -0.2) is 62.1 Å². The van der Waals surface area contributed by atoms with Gasteiger partial charge >= 0.3 is 5.97 Å². The average Bonchev–Trinajstić information content (AvgIpc) is 2.83. The average molecular weight is 270 g/mol. The van der Waals surface area contributed by atoms with Gasteiger partial charge in [-0.3, -0.25) is 0 Å². The summed E-state index contributed by atoms with van der Waals surface area (Å²) in [5.41, 5.74) is 0.485. The molecule has 0 spiro atoms. The normalized spacial score (nSPS) is 18.4. The standard InChI is InChI=1S/C11H18N4O4/c16-6-8(17)5-15-10(7-1-3-12-4-2-7)9(11(18)19)13-14-15/h7-8,12,16-17H,1-6H2,(H,18,19). The van der Waals surface area contributed by atoms with Crippen molar-refractivity contribution in [2.75, 3.05) is 19.7 Å². The maximum absolute atomic E-state index is 11.2. The minimum absolute atomic E-state index is 0.0516. The Hall–Kier alpha value is -1.51. The fourth-order valence-corrected chi connectivity index (χ4v) is 2.36. The highest BCUT2D eigenvalue weighted by atomic mass is 16.4. The summed E-state index contributed by atoms with van der Waals surface area (Å²) in [5.74, 6) is -1.05. The molecule has 0 aromatic carbocycles. The summed E-state index contributed by atoms with van der Waals surface area (Å²) < 4.78 is 1.40. The molecule has 2 heterocycles. The predicted molar refractivity (Wildman–Crippen MR) is 64.9 cm³/mol. The first-order valence-corrected chi connectivity index (χ1v) is 6.29. The number of aliphatic hydroxyl groups excluding tert-OH is 2. The number of nitrogens with one attached hydrogen (secondary N) is 1. The molecule has 8 nitrogen and oxygen atoms in total. The number of aromatic carboxylic acids is 1. The van der Waals surface area contributed by atoms with Crippen LogP contribution in [0.1, 0.15) is 34.9 Å². The van der Waals surface area contributed by atoms with Crippen molar-refractivity contribution in [3.8, 4) is 0 Å². The molecule has 1 saturated heterocycles. The molecule has 0 amide bonds. The fraction of sp³-hybridized carbons (Fsp3) is 0.727. The molecule has 0 saturated carbocycles. The van der Waals surface area contributed by atoms with Crippen molar-refractivity contribution < 1.29 is 20.1 Å². The predicted octanol–water partition coefficient (Wildman–Crippen LogP) is -1.20. The Labute approximate surface area is 110 Å². The zero-order valence-electron chi connectivity index (χ0n) is 10.5. The molecule has 1 aromatic rings. The van der Waals surface area contributed by atoms with Crippen molar-refractivity contribution in [2.45, 2.75) is 31.4 Å². The fourth-order valence-electron chi connectivity index (χ4n) is 2.36. The van der Waals surface area contributed by atoms with Crippen LogP contribution in [0, 0.1) is 0 Å². The maximum Gasteiger partial charge on any atom is 0.358 e. The molecule has 1 atom stereocenters. The third-order valence-corrected chi connectivity index (χ3v) is 3.30. The minimum atomic E-state index is -1.11. The van der Waals surface area contributed by atoms with E-state index >= 15 is 0 Å². The Kier molecular flexibility index (Phi) is 4.46. The van der Waals surface area contributed by atoms with E-state index in [0.717, 1.165) is 25.9 Å². The van der Waals surface area contributed by atoms with Gasteiger partial charge in [-0.15, -0.1) is 5.10 Å². The van der Waals surface area contributed by atoms with E-state index in [0.29, 0.717) is 5.69 Å². The van der Waals surface area contributed by atoms with E-state index in [1.807, 2.05) is 0 Å². The molecule has 0 radical (unpaired) electrons. The number of aromatic nitrogens is 3. The van der Waals surface area contributed by atoms with E-state index in [1.165, 1.54) is 4.68 Å². The van der Waals surface area contributed by atoms with E-state index in [9.17, 15) is 9.90 Å². The van der Waals surface area contributed by atoms with Gasteiger partial charge in [-0.2, -0.15) is 0 Å². The molecule has 1 aliphatic heterocycles. The Balaban J connectivity index is 2.29. The first-order valence-electron chi connectivity index (χ1n) is 6.29. The van der Waals surface area contributed by atoms with E-state index in [2.05, 4.69) is 15.6 Å². The van der Waals surface area contributed by atoms with Crippen molar-refractivity contribution >= 4 is 5.97 Å². The number of hydrogen-bond acceptors (Lipinski definition) is 6. The van der Waals surface area contributed by atoms with Gasteiger partial charge in [-0.05, 0) is 25.9 Å². The van der Waals surface area contributed by atoms with Gasteiger partial charge in [-0.1, -0.05) is 5.21 Å². The van der Waals surface area contributed by atoms with Gasteiger partial charge in [0.05, 0.1) is 24.9 Å². The third kappa shape index (κ3) is 3.09. The second kappa shape index (κ2) is 6.09. The second-order valence-electron chi connectivity index (χ2n) is 4.67. The summed E-state index contributed by atoms with van der Waals surface area (Å²) in [6.07, 6.45) is 0.648.